The minimum atomic E-state index is 0.291. The van der Waals surface area contributed by atoms with Crippen molar-refractivity contribution in [2.75, 3.05) is 13.2 Å². The van der Waals surface area contributed by atoms with Gasteiger partial charge in [-0.3, -0.25) is 0 Å². The average molecular weight is 221 g/mol. The first-order valence-electron chi connectivity index (χ1n) is 6.17. The van der Waals surface area contributed by atoms with Crippen molar-refractivity contribution >= 4 is 0 Å². The summed E-state index contributed by atoms with van der Waals surface area (Å²) in [5.74, 6) is 0. The maximum absolute atomic E-state index is 5.47. The third kappa shape index (κ3) is 4.33. The van der Waals surface area contributed by atoms with Gasteiger partial charge in [-0.25, -0.2) is 0 Å². The van der Waals surface area contributed by atoms with Crippen LogP contribution in [0.25, 0.3) is 0 Å². The zero-order valence-electron chi connectivity index (χ0n) is 10.6. The van der Waals surface area contributed by atoms with Crippen molar-refractivity contribution in [3.8, 4) is 0 Å². The van der Waals surface area contributed by atoms with Crippen molar-refractivity contribution in [2.45, 2.75) is 39.8 Å². The van der Waals surface area contributed by atoms with Crippen LogP contribution >= 0.6 is 0 Å². The van der Waals surface area contributed by atoms with Crippen molar-refractivity contribution in [3.05, 3.63) is 35.4 Å². The zero-order chi connectivity index (χ0) is 11.8. The third-order valence-corrected chi connectivity index (χ3v) is 2.70. The number of benzene rings is 1. The van der Waals surface area contributed by atoms with E-state index >= 15 is 0 Å². The van der Waals surface area contributed by atoms with Gasteiger partial charge in [-0.05, 0) is 31.4 Å². The summed E-state index contributed by atoms with van der Waals surface area (Å²) in [5, 5.41) is 3.44. The topological polar surface area (TPSA) is 21.3 Å². The molecule has 0 aromatic heterocycles. The number of hydrogen-bond acceptors (Lipinski definition) is 2. The van der Waals surface area contributed by atoms with Gasteiger partial charge in [0.1, 0.15) is 0 Å². The number of ether oxygens (including phenoxy) is 1. The van der Waals surface area contributed by atoms with Gasteiger partial charge in [-0.1, -0.05) is 31.2 Å². The smallest absolute Gasteiger partial charge is 0.0671 e. The second kappa shape index (κ2) is 7.42. The van der Waals surface area contributed by atoms with Gasteiger partial charge in [0.25, 0.3) is 0 Å². The molecule has 1 unspecified atom stereocenters. The Labute approximate surface area is 99.0 Å². The largest absolute Gasteiger partial charge is 0.377 e. The fraction of sp³-hybridized carbons (Fsp3) is 0.571. The number of nitrogens with one attached hydrogen (secondary N) is 1. The maximum Gasteiger partial charge on any atom is 0.0671 e. The summed E-state index contributed by atoms with van der Waals surface area (Å²) in [7, 11) is 0. The monoisotopic (exact) mass is 221 g/mol. The molecule has 1 rings (SSSR count). The minimum Gasteiger partial charge on any atom is -0.377 e. The predicted molar refractivity (Wildman–Crippen MR) is 68.6 cm³/mol. The lowest BCUT2D eigenvalue weighted by molar-refractivity contribution is 0.0759. The SMILES string of the molecule is CCOC(C)CNCc1ccccc1CC. The fourth-order valence-corrected chi connectivity index (χ4v) is 1.83. The quantitative estimate of drug-likeness (QED) is 0.764. The maximum atomic E-state index is 5.47. The molecule has 1 atom stereocenters. The van der Waals surface area contributed by atoms with E-state index in [4.69, 9.17) is 4.74 Å². The number of hydrogen-bond donors (Lipinski definition) is 1. The lowest BCUT2D eigenvalue weighted by Gasteiger charge is -2.13. The van der Waals surface area contributed by atoms with Gasteiger partial charge in [0.2, 0.25) is 0 Å². The Morgan fingerprint density at radius 1 is 1.19 bits per heavy atom. The normalized spacial score (nSPS) is 12.7. The van der Waals surface area contributed by atoms with Crippen LogP contribution in [-0.2, 0) is 17.7 Å². The van der Waals surface area contributed by atoms with Gasteiger partial charge in [-0.15, -0.1) is 0 Å². The molecule has 90 valence electrons. The van der Waals surface area contributed by atoms with E-state index in [-0.39, 0.29) is 0 Å². The Morgan fingerprint density at radius 2 is 1.88 bits per heavy atom. The molecule has 0 saturated carbocycles. The van der Waals surface area contributed by atoms with Gasteiger partial charge in [0, 0.05) is 19.7 Å². The van der Waals surface area contributed by atoms with Crippen LogP contribution < -0.4 is 5.32 Å². The molecule has 0 aliphatic carbocycles. The zero-order valence-corrected chi connectivity index (χ0v) is 10.6. The van der Waals surface area contributed by atoms with Crippen LogP contribution in [0.2, 0.25) is 0 Å². The van der Waals surface area contributed by atoms with E-state index < -0.39 is 0 Å². The van der Waals surface area contributed by atoms with E-state index in [0.29, 0.717) is 6.10 Å². The fourth-order valence-electron chi connectivity index (χ4n) is 1.83. The minimum absolute atomic E-state index is 0.291. The summed E-state index contributed by atoms with van der Waals surface area (Å²) in [6, 6.07) is 8.59. The molecule has 0 aliphatic heterocycles. The van der Waals surface area contributed by atoms with Crippen molar-refractivity contribution in [3.63, 3.8) is 0 Å². The van der Waals surface area contributed by atoms with Crippen LogP contribution in [0, 0.1) is 0 Å². The lowest BCUT2D eigenvalue weighted by Crippen LogP contribution is -2.26. The van der Waals surface area contributed by atoms with Crippen LogP contribution in [0.3, 0.4) is 0 Å². The lowest BCUT2D eigenvalue weighted by atomic mass is 10.1. The van der Waals surface area contributed by atoms with Crippen LogP contribution in [-0.4, -0.2) is 19.3 Å². The second-order valence-corrected chi connectivity index (χ2v) is 4.02. The van der Waals surface area contributed by atoms with E-state index in [1.807, 2.05) is 6.92 Å². The first-order chi connectivity index (χ1) is 7.77. The summed E-state index contributed by atoms with van der Waals surface area (Å²) in [5.41, 5.74) is 2.83. The van der Waals surface area contributed by atoms with Gasteiger partial charge in [0.15, 0.2) is 0 Å². The van der Waals surface area contributed by atoms with Crippen molar-refractivity contribution in [1.29, 1.82) is 0 Å². The van der Waals surface area contributed by atoms with Gasteiger partial charge in [0.05, 0.1) is 6.10 Å². The second-order valence-electron chi connectivity index (χ2n) is 4.02. The number of aryl methyl sites for hydroxylation is 1. The van der Waals surface area contributed by atoms with Gasteiger partial charge in [-0.2, -0.15) is 0 Å². The highest BCUT2D eigenvalue weighted by Gasteiger charge is 2.02. The molecule has 0 aliphatic rings. The van der Waals surface area contributed by atoms with Crippen molar-refractivity contribution in [1.82, 2.24) is 5.32 Å². The van der Waals surface area contributed by atoms with E-state index in [1.165, 1.54) is 11.1 Å². The molecular formula is C14H23NO. The van der Waals surface area contributed by atoms with Gasteiger partial charge >= 0.3 is 0 Å². The van der Waals surface area contributed by atoms with Gasteiger partial charge < -0.3 is 10.1 Å². The highest BCUT2D eigenvalue weighted by molar-refractivity contribution is 5.26. The highest BCUT2D eigenvalue weighted by Crippen LogP contribution is 2.08. The van der Waals surface area contributed by atoms with E-state index in [9.17, 15) is 0 Å². The predicted octanol–water partition coefficient (Wildman–Crippen LogP) is 2.76. The Balaban J connectivity index is 2.36. The molecule has 0 radical (unpaired) electrons. The first-order valence-corrected chi connectivity index (χ1v) is 6.17. The molecule has 0 heterocycles. The Bertz CT molecular complexity index is 299. The summed E-state index contributed by atoms with van der Waals surface area (Å²) in [6.45, 7) is 8.95. The Morgan fingerprint density at radius 3 is 2.50 bits per heavy atom. The molecule has 0 fully saturated rings. The van der Waals surface area contributed by atoms with Crippen molar-refractivity contribution < 1.29 is 4.74 Å². The van der Waals surface area contributed by atoms with Crippen LogP contribution in [0.4, 0.5) is 0 Å². The molecule has 1 aromatic carbocycles. The standard InChI is InChI=1S/C14H23NO/c1-4-13-8-6-7-9-14(13)11-15-10-12(3)16-5-2/h6-9,12,15H,4-5,10-11H2,1-3H3. The average Bonchev–Trinajstić information content (AvgIpc) is 2.30. The summed E-state index contributed by atoms with van der Waals surface area (Å²) >= 11 is 0. The molecule has 1 N–H and O–H groups in total. The van der Waals surface area contributed by atoms with E-state index in [1.54, 1.807) is 0 Å². The van der Waals surface area contributed by atoms with E-state index in [0.717, 1.165) is 26.1 Å². The highest BCUT2D eigenvalue weighted by atomic mass is 16.5. The van der Waals surface area contributed by atoms with Crippen LogP contribution in [0.15, 0.2) is 24.3 Å². The molecular weight excluding hydrogens is 198 g/mol. The first kappa shape index (κ1) is 13.2. The molecule has 2 nitrogen and oxygen atoms in total. The molecule has 0 bridgehead atoms. The molecule has 2 heteroatoms. The van der Waals surface area contributed by atoms with E-state index in [2.05, 4.69) is 43.4 Å². The van der Waals surface area contributed by atoms with Crippen molar-refractivity contribution in [2.24, 2.45) is 0 Å². The van der Waals surface area contributed by atoms with Crippen LogP contribution in [0.5, 0.6) is 0 Å². The number of rotatable bonds is 7. The molecule has 16 heavy (non-hydrogen) atoms. The third-order valence-electron chi connectivity index (χ3n) is 2.70. The summed E-state index contributed by atoms with van der Waals surface area (Å²) in [6.07, 6.45) is 1.39. The molecule has 0 amide bonds. The summed E-state index contributed by atoms with van der Waals surface area (Å²) < 4.78 is 5.47. The van der Waals surface area contributed by atoms with Crippen LogP contribution in [0.1, 0.15) is 31.9 Å². The molecule has 0 saturated heterocycles. The molecule has 1 aromatic rings. The summed E-state index contributed by atoms with van der Waals surface area (Å²) in [4.78, 5) is 0. The molecule has 0 spiro atoms. The Kier molecular flexibility index (Phi) is 6.12. The Hall–Kier alpha value is -0.860.